The van der Waals surface area contributed by atoms with Gasteiger partial charge >= 0.3 is 6.18 Å². The van der Waals surface area contributed by atoms with Crippen LogP contribution in [0.5, 0.6) is 0 Å². The smallest absolute Gasteiger partial charge is 0.416 e. The number of anilines is 1. The zero-order chi connectivity index (χ0) is 23.6. The number of nitrogens with zero attached hydrogens (tertiary/aromatic N) is 2. The Balaban J connectivity index is 1.36. The largest absolute Gasteiger partial charge is 0.455 e. The Kier molecular flexibility index (Phi) is 6.81. The Morgan fingerprint density at radius 3 is 2.42 bits per heavy atom. The molecule has 1 atom stereocenters. The molecule has 0 radical (unpaired) electrons. The van der Waals surface area contributed by atoms with Crippen molar-refractivity contribution in [1.82, 2.24) is 4.90 Å². The topological polar surface area (TPSA) is 53.8 Å². The first-order valence-electron chi connectivity index (χ1n) is 10.2. The molecular formula is C23H20ClF3N2O3S. The zero-order valence-corrected chi connectivity index (χ0v) is 18.9. The van der Waals surface area contributed by atoms with Crippen LogP contribution in [-0.2, 0) is 22.7 Å². The van der Waals surface area contributed by atoms with Crippen LogP contribution >= 0.6 is 11.6 Å². The molecule has 0 aliphatic carbocycles. The quantitative estimate of drug-likeness (QED) is 0.486. The van der Waals surface area contributed by atoms with Crippen LogP contribution in [0.25, 0.3) is 0 Å². The maximum Gasteiger partial charge on any atom is 0.416 e. The van der Waals surface area contributed by atoms with Crippen LogP contribution in [0.1, 0.15) is 21.9 Å². The highest BCUT2D eigenvalue weighted by Gasteiger charge is 2.31. The summed E-state index contributed by atoms with van der Waals surface area (Å²) in [6.07, 6.45) is -4.40. The van der Waals surface area contributed by atoms with Crippen LogP contribution < -0.4 is 4.90 Å². The van der Waals surface area contributed by atoms with E-state index in [-0.39, 0.29) is 17.4 Å². The Morgan fingerprint density at radius 1 is 1.00 bits per heavy atom. The second kappa shape index (κ2) is 9.61. The second-order valence-corrected chi connectivity index (χ2v) is 9.34. The van der Waals surface area contributed by atoms with Crippen molar-refractivity contribution in [3.05, 3.63) is 82.8 Å². The molecule has 1 amide bonds. The number of piperazine rings is 1. The van der Waals surface area contributed by atoms with E-state index >= 15 is 0 Å². The fourth-order valence-electron chi connectivity index (χ4n) is 3.61. The number of carbonyl (C=O) groups excluding carboxylic acids is 1. The minimum Gasteiger partial charge on any atom is -0.455 e. The normalized spacial score (nSPS) is 15.5. The molecule has 0 N–H and O–H groups in total. The summed E-state index contributed by atoms with van der Waals surface area (Å²) < 4.78 is 57.1. The summed E-state index contributed by atoms with van der Waals surface area (Å²) in [6.45, 7) is 1.49. The van der Waals surface area contributed by atoms with Crippen LogP contribution in [0, 0.1) is 0 Å². The van der Waals surface area contributed by atoms with Gasteiger partial charge in [-0.2, -0.15) is 13.2 Å². The third-order valence-electron chi connectivity index (χ3n) is 5.33. The Bertz CT molecular complexity index is 1170. The lowest BCUT2D eigenvalue weighted by molar-refractivity contribution is -0.137. The SMILES string of the molecule is O=C(c1ccc(CS(=O)c2ccccc2Cl)o1)N1CCN(c2cccc(C(F)(F)F)c2)CC1. The summed E-state index contributed by atoms with van der Waals surface area (Å²) in [6, 6.07) is 15.2. The van der Waals surface area contributed by atoms with Crippen LogP contribution in [0.2, 0.25) is 5.02 Å². The van der Waals surface area contributed by atoms with Crippen molar-refractivity contribution in [3.8, 4) is 0 Å². The van der Waals surface area contributed by atoms with Crippen molar-refractivity contribution in [1.29, 1.82) is 0 Å². The molecule has 174 valence electrons. The molecule has 0 spiro atoms. The molecular weight excluding hydrogens is 477 g/mol. The number of carbonyl (C=O) groups is 1. The molecule has 10 heteroatoms. The average molecular weight is 497 g/mol. The number of amides is 1. The third kappa shape index (κ3) is 5.42. The molecule has 33 heavy (non-hydrogen) atoms. The number of alkyl halides is 3. The molecule has 2 aromatic carbocycles. The van der Waals surface area contributed by atoms with Gasteiger partial charge in [-0.25, -0.2) is 0 Å². The van der Waals surface area contributed by atoms with Gasteiger partial charge in [-0.15, -0.1) is 0 Å². The van der Waals surface area contributed by atoms with Crippen LogP contribution in [0.3, 0.4) is 0 Å². The van der Waals surface area contributed by atoms with Gasteiger partial charge in [0.2, 0.25) is 0 Å². The molecule has 1 unspecified atom stereocenters. The lowest BCUT2D eigenvalue weighted by Gasteiger charge is -2.36. The number of rotatable bonds is 5. The number of hydrogen-bond donors (Lipinski definition) is 0. The van der Waals surface area contributed by atoms with E-state index in [2.05, 4.69) is 0 Å². The van der Waals surface area contributed by atoms with E-state index in [1.54, 1.807) is 47.4 Å². The van der Waals surface area contributed by atoms with Gasteiger partial charge in [0.25, 0.3) is 5.91 Å². The average Bonchev–Trinajstić information content (AvgIpc) is 3.27. The summed E-state index contributed by atoms with van der Waals surface area (Å²) in [4.78, 5) is 16.7. The van der Waals surface area contributed by atoms with Crippen molar-refractivity contribution in [2.45, 2.75) is 16.8 Å². The number of furan rings is 1. The van der Waals surface area contributed by atoms with Crippen molar-refractivity contribution < 1.29 is 26.6 Å². The second-order valence-electron chi connectivity index (χ2n) is 7.51. The van der Waals surface area contributed by atoms with Crippen molar-refractivity contribution in [2.24, 2.45) is 0 Å². The van der Waals surface area contributed by atoms with Crippen LogP contribution in [-0.4, -0.2) is 41.2 Å². The minimum absolute atomic E-state index is 0.0837. The Morgan fingerprint density at radius 2 is 1.73 bits per heavy atom. The highest BCUT2D eigenvalue weighted by atomic mass is 35.5. The molecule has 1 aliphatic rings. The molecule has 5 nitrogen and oxygen atoms in total. The maximum absolute atomic E-state index is 13.0. The molecule has 1 saturated heterocycles. The van der Waals surface area contributed by atoms with Gasteiger partial charge in [0.15, 0.2) is 5.76 Å². The van der Waals surface area contributed by atoms with Gasteiger partial charge in [-0.05, 0) is 42.5 Å². The predicted octanol–water partition coefficient (Wildman–Crippen LogP) is 5.22. The molecule has 0 saturated carbocycles. The minimum atomic E-state index is -4.40. The van der Waals surface area contributed by atoms with E-state index in [9.17, 15) is 22.2 Å². The molecule has 3 aromatic rings. The van der Waals surface area contributed by atoms with Gasteiger partial charge in [-0.3, -0.25) is 9.00 Å². The summed E-state index contributed by atoms with van der Waals surface area (Å²) in [7, 11) is -1.42. The van der Waals surface area contributed by atoms with E-state index in [0.717, 1.165) is 12.1 Å². The van der Waals surface area contributed by atoms with Gasteiger partial charge < -0.3 is 14.2 Å². The van der Waals surface area contributed by atoms with Gasteiger partial charge in [0.05, 0.1) is 32.0 Å². The fraction of sp³-hybridized carbons (Fsp3) is 0.261. The lowest BCUT2D eigenvalue weighted by atomic mass is 10.1. The molecule has 1 fully saturated rings. The molecule has 0 bridgehead atoms. The summed E-state index contributed by atoms with van der Waals surface area (Å²) >= 11 is 6.09. The van der Waals surface area contributed by atoms with E-state index in [0.29, 0.717) is 47.5 Å². The number of halogens is 4. The molecule has 2 heterocycles. The van der Waals surface area contributed by atoms with Crippen LogP contribution in [0.4, 0.5) is 18.9 Å². The van der Waals surface area contributed by atoms with Gasteiger partial charge in [0.1, 0.15) is 5.76 Å². The predicted molar refractivity (Wildman–Crippen MR) is 120 cm³/mol. The third-order valence-corrected chi connectivity index (χ3v) is 7.17. The number of benzene rings is 2. The first kappa shape index (κ1) is 23.4. The van der Waals surface area contributed by atoms with Crippen molar-refractivity contribution in [3.63, 3.8) is 0 Å². The highest BCUT2D eigenvalue weighted by Crippen LogP contribution is 2.32. The van der Waals surface area contributed by atoms with Gasteiger partial charge in [0, 0.05) is 31.9 Å². The standard InChI is InChI=1S/C23H20ClF3N2O3S/c24-19-6-1-2-7-21(19)33(31)15-18-8-9-20(32-18)22(30)29-12-10-28(11-13-29)17-5-3-4-16(14-17)23(25,26)27/h1-9,14H,10-13,15H2. The van der Waals surface area contributed by atoms with Gasteiger partial charge in [-0.1, -0.05) is 29.8 Å². The van der Waals surface area contributed by atoms with Crippen LogP contribution in [0.15, 0.2) is 70.0 Å². The maximum atomic E-state index is 13.0. The highest BCUT2D eigenvalue weighted by molar-refractivity contribution is 7.84. The molecule has 1 aromatic heterocycles. The van der Waals surface area contributed by atoms with E-state index in [1.165, 1.54) is 6.07 Å². The Hall–Kier alpha value is -2.78. The fourth-order valence-corrected chi connectivity index (χ4v) is 5.09. The number of hydrogen-bond acceptors (Lipinski definition) is 4. The lowest BCUT2D eigenvalue weighted by Crippen LogP contribution is -2.48. The van der Waals surface area contributed by atoms with E-state index in [4.69, 9.17) is 16.0 Å². The van der Waals surface area contributed by atoms with E-state index in [1.807, 2.05) is 4.90 Å². The zero-order valence-electron chi connectivity index (χ0n) is 17.3. The van der Waals surface area contributed by atoms with E-state index < -0.39 is 22.5 Å². The van der Waals surface area contributed by atoms with Crippen molar-refractivity contribution >= 4 is 34.0 Å². The summed E-state index contributed by atoms with van der Waals surface area (Å²) in [5.41, 5.74) is -0.227. The Labute approximate surface area is 196 Å². The van der Waals surface area contributed by atoms with Crippen molar-refractivity contribution in [2.75, 3.05) is 31.1 Å². The first-order valence-corrected chi connectivity index (χ1v) is 11.8. The summed E-state index contributed by atoms with van der Waals surface area (Å²) in [5, 5.41) is 0.400. The first-order chi connectivity index (χ1) is 15.7. The summed E-state index contributed by atoms with van der Waals surface area (Å²) in [5.74, 6) is 0.307. The molecule has 1 aliphatic heterocycles. The molecule has 4 rings (SSSR count). The monoisotopic (exact) mass is 496 g/mol.